The molecule has 0 bridgehead atoms. The lowest BCUT2D eigenvalue weighted by Crippen LogP contribution is -2.07. The van der Waals surface area contributed by atoms with Crippen LogP contribution in [0.1, 0.15) is 44.1 Å². The van der Waals surface area contributed by atoms with Crippen molar-refractivity contribution in [2.75, 3.05) is 0 Å². The predicted octanol–water partition coefficient (Wildman–Crippen LogP) is 3.71. The third-order valence-corrected chi connectivity index (χ3v) is 2.74. The molecule has 0 heterocycles. The van der Waals surface area contributed by atoms with Gasteiger partial charge in [-0.15, -0.1) is 0 Å². The normalized spacial score (nSPS) is 12.4. The summed E-state index contributed by atoms with van der Waals surface area (Å²) in [7, 11) is 0. The Hall–Kier alpha value is -1.45. The molecule has 0 aromatic heterocycles. The number of rotatable bonds is 6. The second kappa shape index (κ2) is 6.33. The first-order chi connectivity index (χ1) is 8.04. The Kier molecular flexibility index (Phi) is 5.07. The van der Waals surface area contributed by atoms with Crippen LogP contribution in [0.25, 0.3) is 0 Å². The predicted molar refractivity (Wildman–Crippen MR) is 60.9 cm³/mol. The number of halogens is 2. The van der Waals surface area contributed by atoms with Crippen LogP contribution in [0, 0.1) is 11.6 Å². The van der Waals surface area contributed by atoms with Crippen molar-refractivity contribution in [3.8, 4) is 0 Å². The molecular weight excluding hydrogens is 226 g/mol. The van der Waals surface area contributed by atoms with E-state index in [0.717, 1.165) is 25.0 Å². The molecule has 17 heavy (non-hydrogen) atoms. The van der Waals surface area contributed by atoms with E-state index in [9.17, 15) is 13.6 Å². The zero-order valence-electron chi connectivity index (χ0n) is 9.75. The Balaban J connectivity index is 2.86. The highest BCUT2D eigenvalue weighted by molar-refractivity contribution is 5.68. The van der Waals surface area contributed by atoms with Crippen LogP contribution >= 0.6 is 0 Å². The summed E-state index contributed by atoms with van der Waals surface area (Å²) in [6, 6.07) is 3.60. The van der Waals surface area contributed by atoms with E-state index in [4.69, 9.17) is 5.11 Å². The van der Waals surface area contributed by atoms with Crippen molar-refractivity contribution in [2.24, 2.45) is 0 Å². The smallest absolute Gasteiger partial charge is 0.303 e. The highest BCUT2D eigenvalue weighted by atomic mass is 19.2. The highest BCUT2D eigenvalue weighted by Crippen LogP contribution is 2.26. The minimum Gasteiger partial charge on any atom is -0.481 e. The Morgan fingerprint density at radius 1 is 1.35 bits per heavy atom. The van der Waals surface area contributed by atoms with E-state index in [1.54, 1.807) is 0 Å². The molecule has 1 atom stereocenters. The van der Waals surface area contributed by atoms with E-state index in [0.29, 0.717) is 12.0 Å². The van der Waals surface area contributed by atoms with Crippen LogP contribution in [0.2, 0.25) is 0 Å². The van der Waals surface area contributed by atoms with Crippen LogP contribution in [-0.2, 0) is 4.79 Å². The van der Waals surface area contributed by atoms with Crippen molar-refractivity contribution in [3.05, 3.63) is 35.4 Å². The number of hydrogen-bond acceptors (Lipinski definition) is 1. The molecule has 1 unspecified atom stereocenters. The second-order valence-corrected chi connectivity index (χ2v) is 4.11. The molecule has 0 amide bonds. The maximum atomic E-state index is 13.1. The average Bonchev–Trinajstić information content (AvgIpc) is 2.27. The molecular formula is C13H16F2O2. The zero-order valence-corrected chi connectivity index (χ0v) is 9.75. The fourth-order valence-corrected chi connectivity index (χ4v) is 1.81. The summed E-state index contributed by atoms with van der Waals surface area (Å²) in [4.78, 5) is 10.7. The van der Waals surface area contributed by atoms with Gasteiger partial charge in [0, 0.05) is 0 Å². The van der Waals surface area contributed by atoms with E-state index in [-0.39, 0.29) is 12.3 Å². The van der Waals surface area contributed by atoms with E-state index < -0.39 is 17.6 Å². The SMILES string of the molecule is CCCCC(CC(=O)O)c1ccc(F)c(F)c1. The lowest BCUT2D eigenvalue weighted by atomic mass is 9.90. The summed E-state index contributed by atoms with van der Waals surface area (Å²) < 4.78 is 25.9. The lowest BCUT2D eigenvalue weighted by Gasteiger charge is -2.15. The van der Waals surface area contributed by atoms with Gasteiger partial charge < -0.3 is 5.11 Å². The number of carboxylic acid groups (broad SMARTS) is 1. The van der Waals surface area contributed by atoms with E-state index in [1.807, 2.05) is 6.92 Å². The second-order valence-electron chi connectivity index (χ2n) is 4.11. The van der Waals surface area contributed by atoms with Crippen molar-refractivity contribution in [3.63, 3.8) is 0 Å². The first kappa shape index (κ1) is 13.6. The van der Waals surface area contributed by atoms with Gasteiger partial charge in [0.1, 0.15) is 0 Å². The number of carboxylic acids is 1. The van der Waals surface area contributed by atoms with E-state index in [2.05, 4.69) is 0 Å². The molecule has 0 radical (unpaired) electrons. The van der Waals surface area contributed by atoms with Crippen molar-refractivity contribution in [1.29, 1.82) is 0 Å². The van der Waals surface area contributed by atoms with Gasteiger partial charge in [0.05, 0.1) is 6.42 Å². The largest absolute Gasteiger partial charge is 0.481 e. The van der Waals surface area contributed by atoms with E-state index in [1.165, 1.54) is 6.07 Å². The Bertz CT molecular complexity index is 391. The molecule has 0 aliphatic rings. The molecule has 1 rings (SSSR count). The molecule has 94 valence electrons. The molecule has 0 aliphatic carbocycles. The number of carbonyl (C=O) groups is 1. The maximum absolute atomic E-state index is 13.1. The molecule has 2 nitrogen and oxygen atoms in total. The average molecular weight is 242 g/mol. The molecule has 0 aliphatic heterocycles. The summed E-state index contributed by atoms with van der Waals surface area (Å²) in [6.45, 7) is 2.00. The van der Waals surface area contributed by atoms with Gasteiger partial charge in [-0.3, -0.25) is 4.79 Å². The van der Waals surface area contributed by atoms with Gasteiger partial charge in [0.25, 0.3) is 0 Å². The third kappa shape index (κ3) is 4.13. The fraction of sp³-hybridized carbons (Fsp3) is 0.462. The van der Waals surface area contributed by atoms with Crippen LogP contribution in [0.4, 0.5) is 8.78 Å². The quantitative estimate of drug-likeness (QED) is 0.825. The molecule has 0 saturated carbocycles. The van der Waals surface area contributed by atoms with E-state index >= 15 is 0 Å². The van der Waals surface area contributed by atoms with Gasteiger partial charge in [-0.1, -0.05) is 25.8 Å². The summed E-state index contributed by atoms with van der Waals surface area (Å²) in [5.74, 6) is -2.99. The van der Waals surface area contributed by atoms with Gasteiger partial charge >= 0.3 is 5.97 Å². The number of aliphatic carboxylic acids is 1. The van der Waals surface area contributed by atoms with Crippen molar-refractivity contribution in [1.82, 2.24) is 0 Å². The van der Waals surface area contributed by atoms with Crippen molar-refractivity contribution < 1.29 is 18.7 Å². The van der Waals surface area contributed by atoms with Crippen molar-refractivity contribution in [2.45, 2.75) is 38.5 Å². The zero-order chi connectivity index (χ0) is 12.8. The van der Waals surface area contributed by atoms with Gasteiger partial charge in [0.15, 0.2) is 11.6 Å². The monoisotopic (exact) mass is 242 g/mol. The summed E-state index contributed by atoms with van der Waals surface area (Å²) >= 11 is 0. The number of hydrogen-bond donors (Lipinski definition) is 1. The molecule has 4 heteroatoms. The number of benzene rings is 1. The highest BCUT2D eigenvalue weighted by Gasteiger charge is 2.16. The Labute approximate surface area is 99.3 Å². The minimum absolute atomic E-state index is 0.0505. The van der Waals surface area contributed by atoms with Crippen LogP contribution in [0.5, 0.6) is 0 Å². The molecule has 0 fully saturated rings. The van der Waals surface area contributed by atoms with Gasteiger partial charge in [-0.05, 0) is 30.0 Å². The van der Waals surface area contributed by atoms with Crippen LogP contribution in [-0.4, -0.2) is 11.1 Å². The Morgan fingerprint density at radius 2 is 2.06 bits per heavy atom. The molecule has 0 saturated heterocycles. The summed E-state index contributed by atoms with van der Waals surface area (Å²) in [5.41, 5.74) is 0.555. The Morgan fingerprint density at radius 3 is 2.59 bits per heavy atom. The topological polar surface area (TPSA) is 37.3 Å². The maximum Gasteiger partial charge on any atom is 0.303 e. The molecule has 1 N–H and O–H groups in total. The molecule has 1 aromatic rings. The van der Waals surface area contributed by atoms with Gasteiger partial charge in [0.2, 0.25) is 0 Å². The summed E-state index contributed by atoms with van der Waals surface area (Å²) in [6.07, 6.45) is 2.44. The standard InChI is InChI=1S/C13H16F2O2/c1-2-3-4-9(8-13(16)17)10-5-6-11(14)12(15)7-10/h5-7,9H,2-4,8H2,1H3,(H,16,17). The minimum atomic E-state index is -0.922. The third-order valence-electron chi connectivity index (χ3n) is 2.74. The number of unbranched alkanes of at least 4 members (excludes halogenated alkanes) is 1. The van der Waals surface area contributed by atoms with Crippen molar-refractivity contribution >= 4 is 5.97 Å². The molecule has 1 aromatic carbocycles. The summed E-state index contributed by atoms with van der Waals surface area (Å²) in [5, 5.41) is 8.80. The fourth-order valence-electron chi connectivity index (χ4n) is 1.81. The first-order valence-corrected chi connectivity index (χ1v) is 5.71. The lowest BCUT2D eigenvalue weighted by molar-refractivity contribution is -0.137. The van der Waals surface area contributed by atoms with Crippen LogP contribution < -0.4 is 0 Å². The first-order valence-electron chi connectivity index (χ1n) is 5.71. The molecule has 0 spiro atoms. The van der Waals surface area contributed by atoms with Gasteiger partial charge in [-0.25, -0.2) is 8.78 Å². The van der Waals surface area contributed by atoms with Gasteiger partial charge in [-0.2, -0.15) is 0 Å². The van der Waals surface area contributed by atoms with Crippen LogP contribution in [0.15, 0.2) is 18.2 Å². The van der Waals surface area contributed by atoms with Crippen LogP contribution in [0.3, 0.4) is 0 Å².